The van der Waals surface area contributed by atoms with Crippen molar-refractivity contribution in [1.82, 2.24) is 0 Å². The van der Waals surface area contributed by atoms with E-state index >= 15 is 0 Å². The van der Waals surface area contributed by atoms with Crippen molar-refractivity contribution in [3.8, 4) is 0 Å². The average Bonchev–Trinajstić information content (AvgIpc) is 2.77. The van der Waals surface area contributed by atoms with Crippen LogP contribution >= 0.6 is 11.6 Å². The molecule has 18 heavy (non-hydrogen) atoms. The Balaban J connectivity index is 2.01. The lowest BCUT2D eigenvalue weighted by atomic mass is 10.1. The van der Waals surface area contributed by atoms with E-state index in [-0.39, 0.29) is 0 Å². The van der Waals surface area contributed by atoms with Gasteiger partial charge in [0, 0.05) is 12.8 Å². The van der Waals surface area contributed by atoms with Crippen LogP contribution in [0.1, 0.15) is 22.6 Å². The van der Waals surface area contributed by atoms with E-state index in [0.717, 1.165) is 23.5 Å². The summed E-state index contributed by atoms with van der Waals surface area (Å²) in [5.41, 5.74) is 1.48. The minimum Gasteiger partial charge on any atom is -0.466 e. The van der Waals surface area contributed by atoms with Crippen LogP contribution in [0, 0.1) is 11.8 Å². The molecule has 0 saturated heterocycles. The molecule has 1 heterocycles. The van der Waals surface area contributed by atoms with Crippen LogP contribution in [-0.2, 0) is 12.8 Å². The summed E-state index contributed by atoms with van der Waals surface area (Å²) in [5, 5.41) is 2.78. The Kier molecular flexibility index (Phi) is 4.15. The minimum absolute atomic E-state index is 0.463. The van der Waals surface area contributed by atoms with E-state index in [4.69, 9.17) is 16.0 Å². The molecule has 0 aliphatic rings. The second-order valence-corrected chi connectivity index (χ2v) is 4.75. The Bertz CT molecular complexity index is 519. The zero-order valence-corrected chi connectivity index (χ0v) is 10.9. The van der Waals surface area contributed by atoms with Crippen molar-refractivity contribution in [1.29, 1.82) is 0 Å². The van der Waals surface area contributed by atoms with Gasteiger partial charge in [-0.25, -0.2) is 0 Å². The van der Waals surface area contributed by atoms with Crippen molar-refractivity contribution < 1.29 is 4.42 Å². The topological polar surface area (TPSA) is 42.6 Å². The third-order valence-electron chi connectivity index (χ3n) is 2.72. The summed E-state index contributed by atoms with van der Waals surface area (Å²) in [7, 11) is 0. The van der Waals surface area contributed by atoms with E-state index in [2.05, 4.69) is 5.18 Å². The first kappa shape index (κ1) is 12.8. The van der Waals surface area contributed by atoms with Crippen LogP contribution in [-0.4, -0.2) is 5.50 Å². The molecular formula is C14H14ClNO2. The van der Waals surface area contributed by atoms with E-state index in [1.165, 1.54) is 5.56 Å². The number of aryl methyl sites for hydroxylation is 1. The Morgan fingerprint density at radius 2 is 1.83 bits per heavy atom. The van der Waals surface area contributed by atoms with Gasteiger partial charge in [0.15, 0.2) is 5.50 Å². The highest BCUT2D eigenvalue weighted by Crippen LogP contribution is 2.15. The highest BCUT2D eigenvalue weighted by molar-refractivity contribution is 6.20. The summed E-state index contributed by atoms with van der Waals surface area (Å²) in [6.07, 6.45) is 1.23. The van der Waals surface area contributed by atoms with Crippen LogP contribution < -0.4 is 0 Å². The first-order valence-electron chi connectivity index (χ1n) is 5.77. The molecule has 94 valence electrons. The van der Waals surface area contributed by atoms with Gasteiger partial charge in [0.2, 0.25) is 0 Å². The van der Waals surface area contributed by atoms with Crippen molar-refractivity contribution >= 4 is 11.6 Å². The molecule has 0 N–H and O–H groups in total. The maximum absolute atomic E-state index is 10.2. The second kappa shape index (κ2) is 5.83. The fourth-order valence-corrected chi connectivity index (χ4v) is 1.98. The molecule has 1 aromatic heterocycles. The van der Waals surface area contributed by atoms with Crippen LogP contribution in [0.4, 0.5) is 0 Å². The van der Waals surface area contributed by atoms with Gasteiger partial charge in [0.05, 0.1) is 0 Å². The summed E-state index contributed by atoms with van der Waals surface area (Å²) in [6, 6.07) is 11.9. The van der Waals surface area contributed by atoms with Crippen LogP contribution in [0.25, 0.3) is 0 Å². The van der Waals surface area contributed by atoms with E-state index in [0.29, 0.717) is 6.42 Å². The van der Waals surface area contributed by atoms with Crippen molar-refractivity contribution in [2.75, 3.05) is 0 Å². The molecule has 0 amide bonds. The molecule has 1 unspecified atom stereocenters. The molecule has 0 aliphatic heterocycles. The lowest BCUT2D eigenvalue weighted by Crippen LogP contribution is -1.98. The first-order chi connectivity index (χ1) is 8.67. The minimum atomic E-state index is -0.691. The smallest absolute Gasteiger partial charge is 0.169 e. The maximum Gasteiger partial charge on any atom is 0.169 e. The van der Waals surface area contributed by atoms with Gasteiger partial charge < -0.3 is 4.42 Å². The zero-order chi connectivity index (χ0) is 13.0. The lowest BCUT2D eigenvalue weighted by molar-refractivity contribution is 0.493. The summed E-state index contributed by atoms with van der Waals surface area (Å²) < 4.78 is 5.52. The predicted octanol–water partition coefficient (Wildman–Crippen LogP) is 4.05. The number of furan rings is 1. The van der Waals surface area contributed by atoms with Crippen LogP contribution in [0.2, 0.25) is 0 Å². The number of nitroso groups, excluding NO2 is 1. The first-order valence-corrected chi connectivity index (χ1v) is 6.20. The van der Waals surface area contributed by atoms with Crippen molar-refractivity contribution in [2.24, 2.45) is 5.18 Å². The van der Waals surface area contributed by atoms with Gasteiger partial charge in [0.25, 0.3) is 0 Å². The van der Waals surface area contributed by atoms with E-state index in [1.54, 1.807) is 0 Å². The highest BCUT2D eigenvalue weighted by Gasteiger charge is 2.05. The third kappa shape index (κ3) is 3.44. The summed E-state index contributed by atoms with van der Waals surface area (Å²) in [4.78, 5) is 10.2. The normalized spacial score (nSPS) is 12.3. The highest BCUT2D eigenvalue weighted by atomic mass is 35.5. The Hall–Kier alpha value is -1.61. The quantitative estimate of drug-likeness (QED) is 0.464. The van der Waals surface area contributed by atoms with Crippen molar-refractivity contribution in [3.05, 3.63) is 64.0 Å². The Labute approximate surface area is 111 Å². The standard InChI is InChI=1S/C14H14ClNO2/c1-10-2-7-13(18-10)8-11-3-5-12(6-4-11)9-14(15)16-17/h2-7,14H,8-9H2,1H3. The van der Waals surface area contributed by atoms with Gasteiger partial charge in [-0.3, -0.25) is 0 Å². The van der Waals surface area contributed by atoms with Gasteiger partial charge >= 0.3 is 0 Å². The maximum atomic E-state index is 10.2. The fraction of sp³-hybridized carbons (Fsp3) is 0.286. The zero-order valence-electron chi connectivity index (χ0n) is 10.1. The van der Waals surface area contributed by atoms with Crippen molar-refractivity contribution in [3.63, 3.8) is 0 Å². The molecule has 4 heteroatoms. The molecule has 1 aromatic carbocycles. The lowest BCUT2D eigenvalue weighted by Gasteiger charge is -2.03. The second-order valence-electron chi connectivity index (χ2n) is 4.25. The van der Waals surface area contributed by atoms with Crippen molar-refractivity contribution in [2.45, 2.75) is 25.3 Å². The number of halogens is 1. The monoisotopic (exact) mass is 263 g/mol. The largest absolute Gasteiger partial charge is 0.466 e. The molecule has 0 bridgehead atoms. The van der Waals surface area contributed by atoms with Crippen LogP contribution in [0.15, 0.2) is 46.0 Å². The molecular weight excluding hydrogens is 250 g/mol. The number of alkyl halides is 1. The molecule has 3 nitrogen and oxygen atoms in total. The summed E-state index contributed by atoms with van der Waals surface area (Å²) in [6.45, 7) is 1.93. The molecule has 0 saturated carbocycles. The molecule has 0 aliphatic carbocycles. The van der Waals surface area contributed by atoms with Gasteiger partial charge in [-0.2, -0.15) is 0 Å². The van der Waals surface area contributed by atoms with E-state index in [9.17, 15) is 4.91 Å². The number of hydrogen-bond donors (Lipinski definition) is 0. The third-order valence-corrected chi connectivity index (χ3v) is 2.95. The Morgan fingerprint density at radius 3 is 2.39 bits per heavy atom. The summed E-state index contributed by atoms with van der Waals surface area (Å²) >= 11 is 5.68. The van der Waals surface area contributed by atoms with Gasteiger partial charge in [-0.1, -0.05) is 35.9 Å². The molecule has 0 spiro atoms. The SMILES string of the molecule is Cc1ccc(Cc2ccc(CC(Cl)N=O)cc2)o1. The number of hydrogen-bond acceptors (Lipinski definition) is 3. The molecule has 2 aromatic rings. The fourth-order valence-electron chi connectivity index (χ4n) is 1.81. The van der Waals surface area contributed by atoms with Crippen LogP contribution in [0.5, 0.6) is 0 Å². The van der Waals surface area contributed by atoms with Crippen LogP contribution in [0.3, 0.4) is 0 Å². The van der Waals surface area contributed by atoms with E-state index in [1.807, 2.05) is 43.3 Å². The van der Waals surface area contributed by atoms with Gasteiger partial charge in [-0.15, -0.1) is 4.91 Å². The van der Waals surface area contributed by atoms with Gasteiger partial charge in [-0.05, 0) is 35.4 Å². The predicted molar refractivity (Wildman–Crippen MR) is 71.8 cm³/mol. The number of benzene rings is 1. The molecule has 1 atom stereocenters. The summed E-state index contributed by atoms with van der Waals surface area (Å²) in [5.74, 6) is 1.87. The molecule has 2 rings (SSSR count). The number of nitrogens with zero attached hydrogens (tertiary/aromatic N) is 1. The molecule has 0 radical (unpaired) electrons. The van der Waals surface area contributed by atoms with Gasteiger partial charge in [0.1, 0.15) is 11.5 Å². The van der Waals surface area contributed by atoms with E-state index < -0.39 is 5.50 Å². The molecule has 0 fully saturated rings. The Morgan fingerprint density at radius 1 is 1.17 bits per heavy atom. The average molecular weight is 264 g/mol. The number of rotatable bonds is 5.